The number of nitrogens with zero attached hydrogens (tertiary/aromatic N) is 1. The highest BCUT2D eigenvalue weighted by Crippen LogP contribution is 2.30. The second kappa shape index (κ2) is 5.68. The van der Waals surface area contributed by atoms with Crippen molar-refractivity contribution in [2.24, 2.45) is 11.1 Å². The number of rotatable bonds is 2. The molecule has 2 heterocycles. The first-order valence-electron chi connectivity index (χ1n) is 8.29. The predicted octanol–water partition coefficient (Wildman–Crippen LogP) is 3.18. The van der Waals surface area contributed by atoms with Gasteiger partial charge >= 0.3 is 0 Å². The molecule has 0 spiro atoms. The van der Waals surface area contributed by atoms with Crippen LogP contribution in [0.1, 0.15) is 37.0 Å². The molecule has 0 bridgehead atoms. The molecule has 1 aromatic heterocycles. The number of carbonyl (C=O) groups excluding carboxylic acids is 1. The molecular weight excluding hydrogens is 288 g/mol. The maximum atomic E-state index is 12.7. The molecule has 1 atom stereocenters. The average Bonchev–Trinajstić information content (AvgIpc) is 2.89. The lowest BCUT2D eigenvalue weighted by molar-refractivity contribution is -0.133. The van der Waals surface area contributed by atoms with Crippen LogP contribution in [0, 0.1) is 19.3 Å². The molecule has 124 valence electrons. The van der Waals surface area contributed by atoms with Gasteiger partial charge in [0.15, 0.2) is 0 Å². The van der Waals surface area contributed by atoms with E-state index in [9.17, 15) is 4.79 Å². The summed E-state index contributed by atoms with van der Waals surface area (Å²) < 4.78 is 5.72. The third-order valence-corrected chi connectivity index (χ3v) is 5.35. The Morgan fingerprint density at radius 1 is 1.39 bits per heavy atom. The molecule has 1 fully saturated rings. The third-order valence-electron chi connectivity index (χ3n) is 5.35. The van der Waals surface area contributed by atoms with Crippen LogP contribution in [-0.2, 0) is 11.2 Å². The smallest absolute Gasteiger partial charge is 0.227 e. The minimum Gasteiger partial charge on any atom is -0.464 e. The fourth-order valence-electron chi connectivity index (χ4n) is 3.39. The summed E-state index contributed by atoms with van der Waals surface area (Å²) in [6.45, 7) is 9.87. The molecule has 2 N–H and O–H groups in total. The summed E-state index contributed by atoms with van der Waals surface area (Å²) in [4.78, 5) is 14.6. The molecule has 0 aliphatic carbocycles. The van der Waals surface area contributed by atoms with Crippen molar-refractivity contribution in [1.29, 1.82) is 0 Å². The van der Waals surface area contributed by atoms with Crippen LogP contribution in [0.4, 0.5) is 0 Å². The quantitative estimate of drug-likeness (QED) is 0.926. The van der Waals surface area contributed by atoms with Gasteiger partial charge in [0.25, 0.3) is 0 Å². The van der Waals surface area contributed by atoms with Gasteiger partial charge in [0.05, 0.1) is 12.7 Å². The summed E-state index contributed by atoms with van der Waals surface area (Å²) in [7, 11) is 0. The number of hydrogen-bond donors (Lipinski definition) is 1. The van der Waals surface area contributed by atoms with Gasteiger partial charge < -0.3 is 15.1 Å². The van der Waals surface area contributed by atoms with Gasteiger partial charge in [-0.1, -0.05) is 26.0 Å². The topological polar surface area (TPSA) is 59.5 Å². The molecule has 0 radical (unpaired) electrons. The van der Waals surface area contributed by atoms with Crippen molar-refractivity contribution in [3.63, 3.8) is 0 Å². The summed E-state index contributed by atoms with van der Waals surface area (Å²) in [5.74, 6) is 0.158. The van der Waals surface area contributed by atoms with Gasteiger partial charge in [-0.2, -0.15) is 0 Å². The van der Waals surface area contributed by atoms with E-state index in [1.807, 2.05) is 4.90 Å². The van der Waals surface area contributed by atoms with E-state index < -0.39 is 0 Å². The van der Waals surface area contributed by atoms with Crippen LogP contribution in [0.2, 0.25) is 0 Å². The van der Waals surface area contributed by atoms with Gasteiger partial charge in [-0.25, -0.2) is 0 Å². The highest BCUT2D eigenvalue weighted by Gasteiger charge is 2.35. The molecule has 1 saturated heterocycles. The molecule has 1 aliphatic rings. The summed E-state index contributed by atoms with van der Waals surface area (Å²) in [6, 6.07) is 4.30. The van der Waals surface area contributed by atoms with Crippen molar-refractivity contribution >= 4 is 16.9 Å². The lowest BCUT2D eigenvalue weighted by Gasteiger charge is -2.42. The van der Waals surface area contributed by atoms with Crippen molar-refractivity contribution in [3.8, 4) is 0 Å². The normalized spacial score (nSPS) is 20.9. The zero-order valence-electron chi connectivity index (χ0n) is 14.5. The largest absolute Gasteiger partial charge is 0.464 e. The summed E-state index contributed by atoms with van der Waals surface area (Å²) in [5, 5.41) is 1.05. The number of amides is 1. The van der Waals surface area contributed by atoms with E-state index in [1.54, 1.807) is 6.26 Å². The molecular formula is C19H26N2O2. The first-order chi connectivity index (χ1) is 10.8. The van der Waals surface area contributed by atoms with Crippen molar-refractivity contribution in [2.45, 2.75) is 46.6 Å². The van der Waals surface area contributed by atoms with Crippen LogP contribution in [0.25, 0.3) is 11.0 Å². The molecule has 3 rings (SSSR count). The Labute approximate surface area is 137 Å². The molecule has 1 aliphatic heterocycles. The Morgan fingerprint density at radius 3 is 2.83 bits per heavy atom. The van der Waals surface area contributed by atoms with Crippen LogP contribution in [0.5, 0.6) is 0 Å². The molecule has 2 aromatic rings. The number of piperidine rings is 1. The number of hydrogen-bond acceptors (Lipinski definition) is 3. The Morgan fingerprint density at radius 2 is 2.13 bits per heavy atom. The molecule has 23 heavy (non-hydrogen) atoms. The first kappa shape index (κ1) is 16.1. The van der Waals surface area contributed by atoms with Gasteiger partial charge in [0, 0.05) is 30.1 Å². The Bertz CT molecular complexity index is 745. The van der Waals surface area contributed by atoms with E-state index in [0.717, 1.165) is 41.6 Å². The highest BCUT2D eigenvalue weighted by atomic mass is 16.3. The number of benzene rings is 1. The number of nitrogens with two attached hydrogens (primary N) is 1. The van der Waals surface area contributed by atoms with E-state index in [-0.39, 0.29) is 17.4 Å². The zero-order valence-corrected chi connectivity index (χ0v) is 14.5. The second-order valence-corrected chi connectivity index (χ2v) is 7.52. The number of likely N-dealkylation sites (tertiary alicyclic amines) is 1. The highest BCUT2D eigenvalue weighted by molar-refractivity contribution is 5.89. The van der Waals surface area contributed by atoms with Crippen LogP contribution >= 0.6 is 0 Å². The zero-order chi connectivity index (χ0) is 16.8. The molecule has 4 heteroatoms. The van der Waals surface area contributed by atoms with Crippen LogP contribution in [0.3, 0.4) is 0 Å². The van der Waals surface area contributed by atoms with Crippen LogP contribution in [0.15, 0.2) is 22.8 Å². The van der Waals surface area contributed by atoms with Crippen LogP contribution in [-0.4, -0.2) is 29.9 Å². The Balaban J connectivity index is 1.80. The lowest BCUT2D eigenvalue weighted by Crippen LogP contribution is -2.54. The van der Waals surface area contributed by atoms with Gasteiger partial charge in [-0.05, 0) is 36.8 Å². The van der Waals surface area contributed by atoms with E-state index in [4.69, 9.17) is 10.2 Å². The van der Waals surface area contributed by atoms with Crippen LogP contribution < -0.4 is 5.73 Å². The second-order valence-electron chi connectivity index (χ2n) is 7.52. The van der Waals surface area contributed by atoms with Gasteiger partial charge in [-0.15, -0.1) is 0 Å². The van der Waals surface area contributed by atoms with E-state index >= 15 is 0 Å². The standard InChI is InChI=1S/C19H26N2O2/c1-12-5-6-15-14(10-23-18(15)13(12)2)9-17(22)21-8-7-16(20)19(3,4)11-21/h5-6,10,16H,7-9,11,20H2,1-4H3. The molecule has 1 amide bonds. The van der Waals surface area contributed by atoms with E-state index in [1.165, 1.54) is 5.56 Å². The first-order valence-corrected chi connectivity index (χ1v) is 8.29. The predicted molar refractivity (Wildman–Crippen MR) is 92.3 cm³/mol. The molecule has 1 aromatic carbocycles. The summed E-state index contributed by atoms with van der Waals surface area (Å²) in [6.07, 6.45) is 2.99. The third kappa shape index (κ3) is 2.88. The van der Waals surface area contributed by atoms with Gasteiger partial charge in [-0.3, -0.25) is 4.79 Å². The SMILES string of the molecule is Cc1ccc2c(CC(=O)N3CCC(N)C(C)(C)C3)coc2c1C. The van der Waals surface area contributed by atoms with Crippen molar-refractivity contribution in [1.82, 2.24) is 4.90 Å². The van der Waals surface area contributed by atoms with Crippen molar-refractivity contribution in [2.75, 3.05) is 13.1 Å². The van der Waals surface area contributed by atoms with E-state index in [2.05, 4.69) is 39.8 Å². The van der Waals surface area contributed by atoms with Gasteiger partial charge in [0.2, 0.25) is 5.91 Å². The Kier molecular flexibility index (Phi) is 3.96. The number of carbonyl (C=O) groups is 1. The fraction of sp³-hybridized carbons (Fsp3) is 0.526. The minimum absolute atomic E-state index is 0.0277. The summed E-state index contributed by atoms with van der Waals surface area (Å²) in [5.41, 5.74) is 10.4. The number of furan rings is 1. The van der Waals surface area contributed by atoms with E-state index in [0.29, 0.717) is 6.42 Å². The number of fused-ring (bicyclic) bond motifs is 1. The van der Waals surface area contributed by atoms with Gasteiger partial charge in [0.1, 0.15) is 5.58 Å². The fourth-order valence-corrected chi connectivity index (χ4v) is 3.39. The van der Waals surface area contributed by atoms with Crippen molar-refractivity contribution in [3.05, 3.63) is 35.1 Å². The minimum atomic E-state index is -0.0277. The molecule has 4 nitrogen and oxygen atoms in total. The number of aryl methyl sites for hydroxylation is 2. The lowest BCUT2D eigenvalue weighted by atomic mass is 9.79. The average molecular weight is 314 g/mol. The molecule has 0 saturated carbocycles. The maximum Gasteiger partial charge on any atom is 0.227 e. The summed E-state index contributed by atoms with van der Waals surface area (Å²) >= 11 is 0. The molecule has 1 unspecified atom stereocenters. The Hall–Kier alpha value is -1.81. The van der Waals surface area contributed by atoms with Crippen molar-refractivity contribution < 1.29 is 9.21 Å². The maximum absolute atomic E-state index is 12.7. The monoisotopic (exact) mass is 314 g/mol.